The minimum Gasteiger partial charge on any atom is -0.352 e. The highest BCUT2D eigenvalue weighted by Gasteiger charge is 2.11. The van der Waals surface area contributed by atoms with Gasteiger partial charge in [-0.3, -0.25) is 9.48 Å². The third-order valence-electron chi connectivity index (χ3n) is 3.34. The number of nitrogens with one attached hydrogen (secondary N) is 1. The average molecular weight is 286 g/mol. The van der Waals surface area contributed by atoms with Crippen molar-refractivity contribution in [1.82, 2.24) is 15.1 Å². The van der Waals surface area contributed by atoms with E-state index in [1.54, 1.807) is 10.9 Å². The molecule has 1 aromatic heterocycles. The first-order valence-electron chi connectivity index (χ1n) is 7.22. The number of nitrogens with zero attached hydrogens (tertiary/aromatic N) is 2. The van der Waals surface area contributed by atoms with Crippen LogP contribution in [0.1, 0.15) is 31.4 Å². The standard InChI is InChI=1S/C16H22N4O/c1-13(12-20-11-5-10-18-20)19-16(21)9-8-15(17)14-6-3-2-4-7-14/h2-7,10-11,13,15H,8-9,12,17H2,1H3,(H,19,21). The first-order chi connectivity index (χ1) is 10.1. The topological polar surface area (TPSA) is 72.9 Å². The zero-order valence-corrected chi connectivity index (χ0v) is 12.3. The lowest BCUT2D eigenvalue weighted by Gasteiger charge is -2.15. The lowest BCUT2D eigenvalue weighted by atomic mass is 10.0. The van der Waals surface area contributed by atoms with E-state index in [1.807, 2.05) is 49.5 Å². The van der Waals surface area contributed by atoms with Crippen LogP contribution in [0.2, 0.25) is 0 Å². The molecule has 0 saturated heterocycles. The van der Waals surface area contributed by atoms with E-state index in [0.29, 0.717) is 19.4 Å². The first kappa shape index (κ1) is 15.3. The Kier molecular flexibility index (Phi) is 5.51. The molecule has 3 N–H and O–H groups in total. The molecule has 0 aliphatic heterocycles. The van der Waals surface area contributed by atoms with Gasteiger partial charge >= 0.3 is 0 Å². The highest BCUT2D eigenvalue weighted by Crippen LogP contribution is 2.14. The molecule has 0 saturated carbocycles. The fraction of sp³-hybridized carbons (Fsp3) is 0.375. The number of nitrogens with two attached hydrogens (primary N) is 1. The smallest absolute Gasteiger partial charge is 0.220 e. The van der Waals surface area contributed by atoms with E-state index in [9.17, 15) is 4.79 Å². The van der Waals surface area contributed by atoms with Crippen molar-refractivity contribution in [1.29, 1.82) is 0 Å². The van der Waals surface area contributed by atoms with Crippen molar-refractivity contribution in [3.8, 4) is 0 Å². The van der Waals surface area contributed by atoms with E-state index in [2.05, 4.69) is 10.4 Å². The van der Waals surface area contributed by atoms with Gasteiger partial charge in [-0.2, -0.15) is 5.10 Å². The number of hydrogen-bond acceptors (Lipinski definition) is 3. The molecule has 112 valence electrons. The molecular weight excluding hydrogens is 264 g/mol. The van der Waals surface area contributed by atoms with Gasteiger partial charge in [0, 0.05) is 30.9 Å². The van der Waals surface area contributed by atoms with E-state index < -0.39 is 0 Å². The van der Waals surface area contributed by atoms with Gasteiger partial charge < -0.3 is 11.1 Å². The van der Waals surface area contributed by atoms with Crippen molar-refractivity contribution in [3.05, 3.63) is 54.4 Å². The normalized spacial score (nSPS) is 13.6. The molecule has 0 aliphatic rings. The summed E-state index contributed by atoms with van der Waals surface area (Å²) in [6.07, 6.45) is 4.69. The summed E-state index contributed by atoms with van der Waals surface area (Å²) in [5.41, 5.74) is 7.15. The maximum Gasteiger partial charge on any atom is 0.220 e. The van der Waals surface area contributed by atoms with E-state index in [-0.39, 0.29) is 18.0 Å². The van der Waals surface area contributed by atoms with Crippen molar-refractivity contribution in [2.45, 2.75) is 38.4 Å². The van der Waals surface area contributed by atoms with E-state index in [4.69, 9.17) is 5.73 Å². The molecule has 0 fully saturated rings. The Balaban J connectivity index is 1.72. The third-order valence-corrected chi connectivity index (χ3v) is 3.34. The van der Waals surface area contributed by atoms with Gasteiger partial charge in [0.05, 0.1) is 6.54 Å². The largest absolute Gasteiger partial charge is 0.352 e. The molecule has 1 heterocycles. The van der Waals surface area contributed by atoms with Gasteiger partial charge in [-0.1, -0.05) is 30.3 Å². The minimum absolute atomic E-state index is 0.0287. The molecule has 2 atom stereocenters. The van der Waals surface area contributed by atoms with Crippen molar-refractivity contribution in [2.75, 3.05) is 0 Å². The fourth-order valence-corrected chi connectivity index (χ4v) is 2.24. The summed E-state index contributed by atoms with van der Waals surface area (Å²) in [5, 5.41) is 7.09. The Labute approximate surface area is 125 Å². The number of aromatic nitrogens is 2. The van der Waals surface area contributed by atoms with E-state index in [1.165, 1.54) is 0 Å². The predicted molar refractivity (Wildman–Crippen MR) is 82.4 cm³/mol. The van der Waals surface area contributed by atoms with Gasteiger partial charge in [0.1, 0.15) is 0 Å². The summed E-state index contributed by atoms with van der Waals surface area (Å²) in [5.74, 6) is 0.0287. The number of hydrogen-bond donors (Lipinski definition) is 2. The summed E-state index contributed by atoms with van der Waals surface area (Å²) in [7, 11) is 0. The second-order valence-corrected chi connectivity index (χ2v) is 5.25. The number of carbonyl (C=O) groups excluding carboxylic acids is 1. The van der Waals surface area contributed by atoms with E-state index in [0.717, 1.165) is 5.56 Å². The van der Waals surface area contributed by atoms with Crippen LogP contribution in [-0.2, 0) is 11.3 Å². The maximum absolute atomic E-state index is 11.9. The Morgan fingerprint density at radius 1 is 1.33 bits per heavy atom. The van der Waals surface area contributed by atoms with Crippen LogP contribution in [-0.4, -0.2) is 21.7 Å². The van der Waals surface area contributed by atoms with Crippen molar-refractivity contribution >= 4 is 5.91 Å². The highest BCUT2D eigenvalue weighted by molar-refractivity contribution is 5.76. The monoisotopic (exact) mass is 286 g/mol. The van der Waals surface area contributed by atoms with Gasteiger partial charge in [0.25, 0.3) is 0 Å². The summed E-state index contributed by atoms with van der Waals surface area (Å²) in [4.78, 5) is 11.9. The number of rotatable bonds is 7. The van der Waals surface area contributed by atoms with E-state index >= 15 is 0 Å². The highest BCUT2D eigenvalue weighted by atomic mass is 16.1. The maximum atomic E-state index is 11.9. The predicted octanol–water partition coefficient (Wildman–Crippen LogP) is 1.87. The quantitative estimate of drug-likeness (QED) is 0.816. The molecule has 2 unspecified atom stereocenters. The molecule has 1 aromatic carbocycles. The average Bonchev–Trinajstić information content (AvgIpc) is 2.98. The van der Waals surface area contributed by atoms with Crippen LogP contribution < -0.4 is 11.1 Å². The Morgan fingerprint density at radius 3 is 2.76 bits per heavy atom. The molecule has 0 radical (unpaired) electrons. The van der Waals surface area contributed by atoms with Crippen molar-refractivity contribution in [3.63, 3.8) is 0 Å². The fourth-order valence-electron chi connectivity index (χ4n) is 2.24. The van der Waals surface area contributed by atoms with Crippen LogP contribution in [0.25, 0.3) is 0 Å². The van der Waals surface area contributed by atoms with Gasteiger partial charge in [0.15, 0.2) is 0 Å². The molecule has 0 spiro atoms. The third kappa shape index (κ3) is 5.04. The Bertz CT molecular complexity index is 539. The van der Waals surface area contributed by atoms with Crippen LogP contribution in [0.3, 0.4) is 0 Å². The lowest BCUT2D eigenvalue weighted by molar-refractivity contribution is -0.121. The van der Waals surface area contributed by atoms with Gasteiger partial charge in [-0.15, -0.1) is 0 Å². The molecule has 5 heteroatoms. The molecular formula is C16H22N4O. The number of carbonyl (C=O) groups is 1. The second kappa shape index (κ2) is 7.59. The summed E-state index contributed by atoms with van der Waals surface area (Å²) >= 11 is 0. The molecule has 2 rings (SSSR count). The Hall–Kier alpha value is -2.14. The van der Waals surface area contributed by atoms with Gasteiger partial charge in [-0.05, 0) is 25.0 Å². The van der Waals surface area contributed by atoms with Gasteiger partial charge in [0.2, 0.25) is 5.91 Å². The zero-order chi connectivity index (χ0) is 15.1. The van der Waals surface area contributed by atoms with Crippen LogP contribution in [0.4, 0.5) is 0 Å². The van der Waals surface area contributed by atoms with Crippen molar-refractivity contribution in [2.24, 2.45) is 5.73 Å². The van der Waals surface area contributed by atoms with Crippen LogP contribution >= 0.6 is 0 Å². The molecule has 21 heavy (non-hydrogen) atoms. The summed E-state index contributed by atoms with van der Waals surface area (Å²) in [6.45, 7) is 2.64. The molecule has 2 aromatic rings. The summed E-state index contributed by atoms with van der Waals surface area (Å²) in [6, 6.07) is 11.7. The number of amides is 1. The molecule has 0 bridgehead atoms. The molecule has 5 nitrogen and oxygen atoms in total. The van der Waals surface area contributed by atoms with Crippen LogP contribution in [0.5, 0.6) is 0 Å². The Morgan fingerprint density at radius 2 is 2.10 bits per heavy atom. The lowest BCUT2D eigenvalue weighted by Crippen LogP contribution is -2.36. The molecule has 0 aliphatic carbocycles. The SMILES string of the molecule is CC(Cn1cccn1)NC(=O)CCC(N)c1ccccc1. The zero-order valence-electron chi connectivity index (χ0n) is 12.3. The molecule has 1 amide bonds. The minimum atomic E-state index is -0.0987. The van der Waals surface area contributed by atoms with Crippen LogP contribution in [0, 0.1) is 0 Å². The number of benzene rings is 1. The van der Waals surface area contributed by atoms with Crippen LogP contribution in [0.15, 0.2) is 48.8 Å². The van der Waals surface area contributed by atoms with Crippen molar-refractivity contribution < 1.29 is 4.79 Å². The van der Waals surface area contributed by atoms with Gasteiger partial charge in [-0.25, -0.2) is 0 Å². The second-order valence-electron chi connectivity index (χ2n) is 5.25. The summed E-state index contributed by atoms with van der Waals surface area (Å²) < 4.78 is 1.81. The first-order valence-corrected chi connectivity index (χ1v) is 7.22.